The van der Waals surface area contributed by atoms with Gasteiger partial charge in [-0.25, -0.2) is 9.78 Å². The molecule has 1 atom stereocenters. The quantitative estimate of drug-likeness (QED) is 0.751. The second-order valence-electron chi connectivity index (χ2n) is 3.95. The minimum atomic E-state index is -0.656. The van der Waals surface area contributed by atoms with Crippen LogP contribution in [0.1, 0.15) is 12.6 Å². The third kappa shape index (κ3) is 4.80. The number of rotatable bonds is 6. The zero-order valence-electron chi connectivity index (χ0n) is 10.7. The van der Waals surface area contributed by atoms with E-state index in [1.54, 1.807) is 5.51 Å². The van der Waals surface area contributed by atoms with Crippen LogP contribution in [0.15, 0.2) is 10.9 Å². The lowest BCUT2D eigenvalue weighted by atomic mass is 10.2. The lowest BCUT2D eigenvalue weighted by molar-refractivity contribution is -0.145. The monoisotopic (exact) mass is 271 g/mol. The first-order valence-electron chi connectivity index (χ1n) is 5.43. The van der Waals surface area contributed by atoms with Gasteiger partial charge in [0.05, 0.1) is 18.3 Å². The number of hydrogen-bond acceptors (Lipinski definition) is 6. The van der Waals surface area contributed by atoms with E-state index in [1.165, 1.54) is 25.4 Å². The molecule has 1 unspecified atom stereocenters. The molecule has 1 N–H and O–H groups in total. The van der Waals surface area contributed by atoms with E-state index in [0.717, 1.165) is 5.69 Å². The standard InChI is InChI=1S/C11H17N3O3S/c1-8(15)13-10(11(16)17-3)5-14(2)4-9-6-18-7-12-9/h6-7,10H,4-5H2,1-3H3,(H,13,15). The smallest absolute Gasteiger partial charge is 0.329 e. The first-order valence-corrected chi connectivity index (χ1v) is 6.37. The van der Waals surface area contributed by atoms with Gasteiger partial charge in [-0.2, -0.15) is 0 Å². The molecule has 100 valence electrons. The highest BCUT2D eigenvalue weighted by molar-refractivity contribution is 7.07. The zero-order valence-corrected chi connectivity index (χ0v) is 11.5. The van der Waals surface area contributed by atoms with Crippen molar-refractivity contribution in [3.63, 3.8) is 0 Å². The first kappa shape index (κ1) is 14.6. The molecule has 0 radical (unpaired) electrons. The van der Waals surface area contributed by atoms with Gasteiger partial charge in [0, 0.05) is 25.4 Å². The van der Waals surface area contributed by atoms with Crippen molar-refractivity contribution < 1.29 is 14.3 Å². The molecule has 0 saturated heterocycles. The van der Waals surface area contributed by atoms with Crippen LogP contribution in [0.25, 0.3) is 0 Å². The molecule has 18 heavy (non-hydrogen) atoms. The summed E-state index contributed by atoms with van der Waals surface area (Å²) in [6, 6.07) is -0.656. The molecule has 0 aliphatic heterocycles. The van der Waals surface area contributed by atoms with Gasteiger partial charge in [0.1, 0.15) is 6.04 Å². The molecule has 1 aromatic rings. The van der Waals surface area contributed by atoms with Crippen LogP contribution in [0, 0.1) is 0 Å². The highest BCUT2D eigenvalue weighted by atomic mass is 32.1. The highest BCUT2D eigenvalue weighted by Crippen LogP contribution is 2.04. The second kappa shape index (κ2) is 7.07. The highest BCUT2D eigenvalue weighted by Gasteiger charge is 2.21. The summed E-state index contributed by atoms with van der Waals surface area (Å²) in [6.07, 6.45) is 0. The number of nitrogens with one attached hydrogen (secondary N) is 1. The van der Waals surface area contributed by atoms with E-state index < -0.39 is 12.0 Å². The fourth-order valence-corrected chi connectivity index (χ4v) is 2.08. The van der Waals surface area contributed by atoms with Crippen molar-refractivity contribution in [2.45, 2.75) is 19.5 Å². The molecule has 0 bridgehead atoms. The van der Waals surface area contributed by atoms with Crippen LogP contribution in [0.3, 0.4) is 0 Å². The van der Waals surface area contributed by atoms with Crippen molar-refractivity contribution in [2.24, 2.45) is 0 Å². The van der Waals surface area contributed by atoms with Crippen molar-refractivity contribution >= 4 is 23.2 Å². The molecule has 0 spiro atoms. The molecule has 0 fully saturated rings. The Balaban J connectivity index is 2.53. The topological polar surface area (TPSA) is 71.5 Å². The van der Waals surface area contributed by atoms with Gasteiger partial charge in [0.2, 0.25) is 5.91 Å². The largest absolute Gasteiger partial charge is 0.467 e. The van der Waals surface area contributed by atoms with Crippen LogP contribution >= 0.6 is 11.3 Å². The minimum absolute atomic E-state index is 0.257. The van der Waals surface area contributed by atoms with Crippen LogP contribution in [0.4, 0.5) is 0 Å². The summed E-state index contributed by atoms with van der Waals surface area (Å²) < 4.78 is 4.66. The third-order valence-electron chi connectivity index (χ3n) is 2.27. The maximum atomic E-state index is 11.5. The first-order chi connectivity index (χ1) is 8.52. The lowest BCUT2D eigenvalue weighted by Crippen LogP contribution is -2.47. The van der Waals surface area contributed by atoms with Crippen LogP contribution in [-0.2, 0) is 20.9 Å². The van der Waals surface area contributed by atoms with E-state index in [2.05, 4.69) is 15.0 Å². The van der Waals surface area contributed by atoms with Gasteiger partial charge in [0.15, 0.2) is 0 Å². The van der Waals surface area contributed by atoms with Crippen molar-refractivity contribution in [1.82, 2.24) is 15.2 Å². The molecular weight excluding hydrogens is 254 g/mol. The Hall–Kier alpha value is -1.47. The van der Waals surface area contributed by atoms with Gasteiger partial charge >= 0.3 is 5.97 Å². The number of hydrogen-bond donors (Lipinski definition) is 1. The number of likely N-dealkylation sites (N-methyl/N-ethyl adjacent to an activating group) is 1. The number of carbonyl (C=O) groups is 2. The molecule has 1 heterocycles. The second-order valence-corrected chi connectivity index (χ2v) is 4.67. The van der Waals surface area contributed by atoms with E-state index >= 15 is 0 Å². The van der Waals surface area contributed by atoms with Gasteiger partial charge in [-0.15, -0.1) is 11.3 Å². The molecule has 0 aromatic carbocycles. The maximum Gasteiger partial charge on any atom is 0.329 e. The molecule has 1 rings (SSSR count). The van der Waals surface area contributed by atoms with Crippen LogP contribution < -0.4 is 5.32 Å². The Labute approximate surface area is 110 Å². The number of methoxy groups -OCH3 is 1. The molecule has 1 aromatic heterocycles. The van der Waals surface area contributed by atoms with Crippen molar-refractivity contribution in [1.29, 1.82) is 0 Å². The van der Waals surface area contributed by atoms with E-state index in [9.17, 15) is 9.59 Å². The average molecular weight is 271 g/mol. The van der Waals surface area contributed by atoms with Crippen LogP contribution in [0.5, 0.6) is 0 Å². The molecule has 7 heteroatoms. The predicted octanol–water partition coefficient (Wildman–Crippen LogP) is 0.253. The number of nitrogens with zero attached hydrogens (tertiary/aromatic N) is 2. The summed E-state index contributed by atoms with van der Waals surface area (Å²) in [6.45, 7) is 2.37. The Kier molecular flexibility index (Phi) is 5.73. The number of aromatic nitrogens is 1. The molecule has 0 saturated carbocycles. The fourth-order valence-electron chi connectivity index (χ4n) is 1.54. The molecule has 6 nitrogen and oxygen atoms in total. The number of thiazole rings is 1. The van der Waals surface area contributed by atoms with Crippen molar-refractivity contribution in [2.75, 3.05) is 20.7 Å². The van der Waals surface area contributed by atoms with E-state index in [4.69, 9.17) is 0 Å². The van der Waals surface area contributed by atoms with Crippen LogP contribution in [0.2, 0.25) is 0 Å². The minimum Gasteiger partial charge on any atom is -0.467 e. The number of carbonyl (C=O) groups excluding carboxylic acids is 2. The van der Waals surface area contributed by atoms with Gasteiger partial charge in [-0.3, -0.25) is 9.69 Å². The zero-order chi connectivity index (χ0) is 13.5. The van der Waals surface area contributed by atoms with Crippen molar-refractivity contribution in [3.05, 3.63) is 16.6 Å². The summed E-state index contributed by atoms with van der Waals surface area (Å²) in [5.74, 6) is -0.706. The Morgan fingerprint density at radius 2 is 2.33 bits per heavy atom. The summed E-state index contributed by atoms with van der Waals surface area (Å²) in [5.41, 5.74) is 2.70. The van der Waals surface area contributed by atoms with E-state index in [0.29, 0.717) is 13.1 Å². The van der Waals surface area contributed by atoms with E-state index in [-0.39, 0.29) is 5.91 Å². The number of ether oxygens (including phenoxy) is 1. The lowest BCUT2D eigenvalue weighted by Gasteiger charge is -2.22. The average Bonchev–Trinajstić information content (AvgIpc) is 2.79. The normalized spacial score (nSPS) is 12.2. The third-order valence-corrected chi connectivity index (χ3v) is 2.91. The molecular formula is C11H17N3O3S. The van der Waals surface area contributed by atoms with Gasteiger partial charge < -0.3 is 10.1 Å². The van der Waals surface area contributed by atoms with Gasteiger partial charge in [-0.05, 0) is 7.05 Å². The summed E-state index contributed by atoms with van der Waals surface area (Å²) >= 11 is 1.52. The Morgan fingerprint density at radius 3 is 2.83 bits per heavy atom. The van der Waals surface area contributed by atoms with Gasteiger partial charge in [-0.1, -0.05) is 0 Å². The Bertz CT molecular complexity index is 394. The Morgan fingerprint density at radius 1 is 1.61 bits per heavy atom. The number of amides is 1. The summed E-state index contributed by atoms with van der Waals surface area (Å²) in [4.78, 5) is 28.6. The maximum absolute atomic E-state index is 11.5. The SMILES string of the molecule is COC(=O)C(CN(C)Cc1cscn1)NC(C)=O. The number of esters is 1. The van der Waals surface area contributed by atoms with E-state index in [1.807, 2.05) is 17.3 Å². The predicted molar refractivity (Wildman–Crippen MR) is 68.1 cm³/mol. The van der Waals surface area contributed by atoms with Crippen molar-refractivity contribution in [3.8, 4) is 0 Å². The molecule has 0 aliphatic rings. The van der Waals surface area contributed by atoms with Gasteiger partial charge in [0.25, 0.3) is 0 Å². The summed E-state index contributed by atoms with van der Waals surface area (Å²) in [7, 11) is 3.16. The summed E-state index contributed by atoms with van der Waals surface area (Å²) in [5, 5.41) is 4.51. The molecule has 1 amide bonds. The fraction of sp³-hybridized carbons (Fsp3) is 0.545. The van der Waals surface area contributed by atoms with Crippen LogP contribution in [-0.4, -0.2) is 48.5 Å². The molecule has 0 aliphatic carbocycles.